The average Bonchev–Trinajstić information content (AvgIpc) is 3.67. The topological polar surface area (TPSA) is 438 Å². The van der Waals surface area contributed by atoms with Crippen molar-refractivity contribution in [3.63, 3.8) is 0 Å². The normalized spacial score (nSPS) is 15.8. The summed E-state index contributed by atoms with van der Waals surface area (Å²) < 4.78 is 0. The van der Waals surface area contributed by atoms with Gasteiger partial charge in [0.2, 0.25) is 41.4 Å². The SMILES string of the molecule is CC[C@H](C)[C@H](N)C(=O)N[C@@H](CCC(=O)O)C(=O)N[C@@H](CC(=O)O)C(=O)N[C@@H](CO)C(=O)N[C@@H](CO)C(=O)N[C@@H](Cc1c[nH]c2ccccc12)C(=O)N[C@H](C(=O)N[C@@H](CO)C(=O)O)[C@@H](C)O. The molecule has 1 aromatic heterocycles. The van der Waals surface area contributed by atoms with Gasteiger partial charge in [-0.15, -0.1) is 0 Å². The molecule has 2 aromatic rings. The first-order valence-electron chi connectivity index (χ1n) is 20.2. The fraction of sp³-hybridized carbons (Fsp3) is 0.538. The highest BCUT2D eigenvalue weighted by Gasteiger charge is 2.36. The smallest absolute Gasteiger partial charge is 0.328 e. The zero-order valence-electron chi connectivity index (χ0n) is 35.6. The minimum atomic E-state index is -2.00. The van der Waals surface area contributed by atoms with E-state index in [-0.39, 0.29) is 12.3 Å². The Labute approximate surface area is 370 Å². The monoisotopic (exact) mass is 923 g/mol. The van der Waals surface area contributed by atoms with Gasteiger partial charge in [-0.25, -0.2) is 4.79 Å². The molecule has 1 heterocycles. The molecule has 0 aliphatic carbocycles. The number of aromatic amines is 1. The Bertz CT molecular complexity index is 2030. The summed E-state index contributed by atoms with van der Waals surface area (Å²) in [6.07, 6.45) is -2.29. The lowest BCUT2D eigenvalue weighted by molar-refractivity contribution is -0.144. The van der Waals surface area contributed by atoms with Crippen molar-refractivity contribution < 1.29 is 83.7 Å². The van der Waals surface area contributed by atoms with Crippen LogP contribution in [0.15, 0.2) is 30.5 Å². The number of H-pyrrole nitrogens is 1. The lowest BCUT2D eigenvalue weighted by Gasteiger charge is -2.27. The molecule has 0 saturated carbocycles. The maximum absolute atomic E-state index is 13.8. The number of hydrogen-bond acceptors (Lipinski definition) is 15. The number of carbonyl (C=O) groups is 10. The van der Waals surface area contributed by atoms with Crippen molar-refractivity contribution in [2.45, 2.75) is 107 Å². The molecule has 26 heteroatoms. The summed E-state index contributed by atoms with van der Waals surface area (Å²) in [5.74, 6) is -13.3. The minimum Gasteiger partial charge on any atom is -0.481 e. The van der Waals surface area contributed by atoms with Gasteiger partial charge < -0.3 is 83.7 Å². The lowest BCUT2D eigenvalue weighted by Crippen LogP contribution is -2.62. The summed E-state index contributed by atoms with van der Waals surface area (Å²) in [5, 5.41) is 83.4. The Hall–Kier alpha value is -6.74. The fourth-order valence-corrected chi connectivity index (χ4v) is 6.01. The van der Waals surface area contributed by atoms with E-state index in [1.165, 1.54) is 6.20 Å². The van der Waals surface area contributed by atoms with E-state index in [0.29, 0.717) is 22.9 Å². The highest BCUT2D eigenvalue weighted by atomic mass is 16.4. The van der Waals surface area contributed by atoms with E-state index in [1.54, 1.807) is 38.1 Å². The summed E-state index contributed by atoms with van der Waals surface area (Å²) in [5.41, 5.74) is 6.98. The van der Waals surface area contributed by atoms with E-state index >= 15 is 0 Å². The molecule has 360 valence electrons. The van der Waals surface area contributed by atoms with Crippen LogP contribution in [-0.4, -0.2) is 174 Å². The average molecular weight is 924 g/mol. The van der Waals surface area contributed by atoms with E-state index in [2.05, 4.69) is 31.6 Å². The number of aliphatic carboxylic acids is 3. The molecular formula is C39H57N9O17. The van der Waals surface area contributed by atoms with Crippen molar-refractivity contribution in [1.29, 1.82) is 0 Å². The number of nitrogens with two attached hydrogens (primary N) is 1. The molecule has 0 aliphatic heterocycles. The van der Waals surface area contributed by atoms with Gasteiger partial charge >= 0.3 is 17.9 Å². The number of rotatable bonds is 28. The van der Waals surface area contributed by atoms with Crippen LogP contribution in [0.5, 0.6) is 0 Å². The van der Waals surface area contributed by atoms with Crippen molar-refractivity contribution in [3.05, 3.63) is 36.0 Å². The maximum atomic E-state index is 13.8. The second-order valence-corrected chi connectivity index (χ2v) is 15.0. The van der Waals surface area contributed by atoms with Gasteiger partial charge in [0.25, 0.3) is 0 Å². The van der Waals surface area contributed by atoms with Crippen LogP contribution >= 0.6 is 0 Å². The van der Waals surface area contributed by atoms with Crippen LogP contribution in [0.3, 0.4) is 0 Å². The van der Waals surface area contributed by atoms with Crippen molar-refractivity contribution in [3.8, 4) is 0 Å². The van der Waals surface area contributed by atoms with Crippen LogP contribution < -0.4 is 43.0 Å². The Morgan fingerprint density at radius 1 is 0.615 bits per heavy atom. The van der Waals surface area contributed by atoms with Crippen LogP contribution in [0.1, 0.15) is 52.0 Å². The molecule has 1 aromatic carbocycles. The second-order valence-electron chi connectivity index (χ2n) is 15.0. The number of aliphatic hydroxyl groups is 4. The third-order valence-electron chi connectivity index (χ3n) is 10.1. The molecule has 10 atom stereocenters. The Morgan fingerprint density at radius 3 is 1.60 bits per heavy atom. The first-order valence-corrected chi connectivity index (χ1v) is 20.2. The summed E-state index contributed by atoms with van der Waals surface area (Å²) in [4.78, 5) is 130. The number of carboxylic acids is 3. The van der Waals surface area contributed by atoms with Gasteiger partial charge in [-0.2, -0.15) is 0 Å². The summed E-state index contributed by atoms with van der Waals surface area (Å²) in [6, 6.07) is -7.19. The van der Waals surface area contributed by atoms with Gasteiger partial charge in [0.05, 0.1) is 38.4 Å². The van der Waals surface area contributed by atoms with Gasteiger partial charge in [0.15, 0.2) is 0 Å². The van der Waals surface area contributed by atoms with E-state index in [1.807, 2.05) is 10.6 Å². The lowest BCUT2D eigenvalue weighted by atomic mass is 9.98. The summed E-state index contributed by atoms with van der Waals surface area (Å²) >= 11 is 0. The standard InChI is InChI=1S/C39H57N9O17/c1-4-17(2)30(40)37(62)42-22(9-10-28(53)54)32(57)44-24(12-29(55)56)33(58)45-26(15-50)36(61)46-25(14-49)35(60)43-23(11-19-13-41-21-8-6-5-7-20(19)21)34(59)48-31(18(3)52)38(63)47-27(16-51)39(64)65/h5-8,13,17-18,22-27,30-31,41,49-52H,4,9-12,14-16,40H2,1-3H3,(H,42,62)(H,43,60)(H,44,57)(H,45,58)(H,46,61)(H,47,63)(H,48,59)(H,53,54)(H,55,56)(H,64,65)/t17-,18+,22-,23-,24-,25-,26-,27-,30-,31-/m0/s1. The fourth-order valence-electron chi connectivity index (χ4n) is 6.01. The number of aliphatic hydroxyl groups excluding tert-OH is 4. The number of amides is 7. The number of fused-ring (bicyclic) bond motifs is 1. The first-order chi connectivity index (χ1) is 30.6. The predicted octanol–water partition coefficient (Wildman–Crippen LogP) is -5.74. The molecule has 0 spiro atoms. The third kappa shape index (κ3) is 16.7. The molecule has 7 amide bonds. The van der Waals surface area contributed by atoms with E-state index in [0.717, 1.165) is 6.92 Å². The molecule has 2 rings (SSSR count). The van der Waals surface area contributed by atoms with Crippen LogP contribution in [0.25, 0.3) is 10.9 Å². The minimum absolute atomic E-state index is 0.326. The molecule has 0 radical (unpaired) electrons. The second kappa shape index (κ2) is 26.1. The molecular weight excluding hydrogens is 866 g/mol. The Morgan fingerprint density at radius 2 is 1.09 bits per heavy atom. The van der Waals surface area contributed by atoms with Crippen molar-refractivity contribution >= 4 is 70.2 Å². The largest absolute Gasteiger partial charge is 0.481 e. The number of carboxylic acid groups (broad SMARTS) is 3. The van der Waals surface area contributed by atoms with Crippen LogP contribution in [-0.2, 0) is 54.4 Å². The number of aromatic nitrogens is 1. The van der Waals surface area contributed by atoms with Gasteiger partial charge in [-0.1, -0.05) is 38.5 Å². The number of nitrogens with one attached hydrogen (secondary N) is 8. The molecule has 17 N–H and O–H groups in total. The van der Waals surface area contributed by atoms with Gasteiger partial charge in [-0.05, 0) is 30.9 Å². The molecule has 0 unspecified atom stereocenters. The number of hydrogen-bond donors (Lipinski definition) is 16. The van der Waals surface area contributed by atoms with Crippen LogP contribution in [0, 0.1) is 5.92 Å². The zero-order chi connectivity index (χ0) is 49.1. The Kier molecular flexibility index (Phi) is 21.9. The summed E-state index contributed by atoms with van der Waals surface area (Å²) in [6.45, 7) is 1.07. The first kappa shape index (κ1) is 54.4. The maximum Gasteiger partial charge on any atom is 0.328 e. The van der Waals surface area contributed by atoms with E-state index in [4.69, 9.17) is 5.73 Å². The number of carbonyl (C=O) groups excluding carboxylic acids is 7. The predicted molar refractivity (Wildman–Crippen MR) is 223 cm³/mol. The molecule has 65 heavy (non-hydrogen) atoms. The zero-order valence-corrected chi connectivity index (χ0v) is 35.6. The van der Waals surface area contributed by atoms with Crippen molar-refractivity contribution in [1.82, 2.24) is 42.2 Å². The highest BCUT2D eigenvalue weighted by molar-refractivity contribution is 5.99. The molecule has 0 saturated heterocycles. The van der Waals surface area contributed by atoms with Crippen molar-refractivity contribution in [2.75, 3.05) is 19.8 Å². The molecule has 0 bridgehead atoms. The molecule has 0 aliphatic rings. The molecule has 26 nitrogen and oxygen atoms in total. The number of benzene rings is 1. The van der Waals surface area contributed by atoms with E-state index in [9.17, 15) is 83.7 Å². The third-order valence-corrected chi connectivity index (χ3v) is 10.1. The molecule has 0 fully saturated rings. The van der Waals surface area contributed by atoms with Gasteiger partial charge in [0.1, 0.15) is 42.3 Å². The summed E-state index contributed by atoms with van der Waals surface area (Å²) in [7, 11) is 0. The Balaban J connectivity index is 2.33. The van der Waals surface area contributed by atoms with Gasteiger partial charge in [0, 0.05) is 29.9 Å². The van der Waals surface area contributed by atoms with Crippen molar-refractivity contribution in [2.24, 2.45) is 11.7 Å². The van der Waals surface area contributed by atoms with Gasteiger partial charge in [-0.3, -0.25) is 43.2 Å². The van der Waals surface area contributed by atoms with E-state index < -0.39 is 153 Å². The highest BCUT2D eigenvalue weighted by Crippen LogP contribution is 2.19. The quantitative estimate of drug-likeness (QED) is 0.0378. The van der Waals surface area contributed by atoms with Crippen LogP contribution in [0.2, 0.25) is 0 Å². The van der Waals surface area contributed by atoms with Crippen LogP contribution in [0.4, 0.5) is 0 Å². The number of para-hydroxylation sites is 1.